The molecule has 0 spiro atoms. The number of aryl methyl sites for hydroxylation is 2. The number of thioether (sulfide) groups is 1. The quantitative estimate of drug-likeness (QED) is 0.791. The fraction of sp³-hybridized carbons (Fsp3) is 0.462. The molecule has 0 radical (unpaired) electrons. The van der Waals surface area contributed by atoms with Gasteiger partial charge in [-0.15, -0.1) is 0 Å². The van der Waals surface area contributed by atoms with E-state index >= 15 is 0 Å². The molecule has 0 atom stereocenters. The van der Waals surface area contributed by atoms with Crippen molar-refractivity contribution in [1.82, 2.24) is 0 Å². The zero-order chi connectivity index (χ0) is 13.5. The lowest BCUT2D eigenvalue weighted by Crippen LogP contribution is -2.16. The van der Waals surface area contributed by atoms with Crippen LogP contribution in [0.5, 0.6) is 0 Å². The average Bonchev–Trinajstić information content (AvgIpc) is 2.29. The van der Waals surface area contributed by atoms with Crippen LogP contribution in [0.3, 0.4) is 0 Å². The highest BCUT2D eigenvalue weighted by molar-refractivity contribution is 7.99. The monoisotopic (exact) mass is 286 g/mol. The minimum absolute atomic E-state index is 0.0223. The molecule has 0 heterocycles. The van der Waals surface area contributed by atoms with E-state index in [1.54, 1.807) is 11.8 Å². The predicted octanol–water partition coefficient (Wildman–Crippen LogP) is 2.98. The Kier molecular flexibility index (Phi) is 6.54. The van der Waals surface area contributed by atoms with Crippen LogP contribution >= 0.6 is 23.4 Å². The molecule has 1 amide bonds. The van der Waals surface area contributed by atoms with Crippen molar-refractivity contribution in [3.8, 4) is 0 Å². The van der Waals surface area contributed by atoms with Gasteiger partial charge in [0.25, 0.3) is 0 Å². The summed E-state index contributed by atoms with van der Waals surface area (Å²) in [5, 5.41) is 3.45. The molecule has 0 aliphatic carbocycles. The van der Waals surface area contributed by atoms with Gasteiger partial charge in [0, 0.05) is 0 Å². The summed E-state index contributed by atoms with van der Waals surface area (Å²) in [6.07, 6.45) is 0.933. The van der Waals surface area contributed by atoms with Crippen LogP contribution in [0.25, 0.3) is 0 Å². The van der Waals surface area contributed by atoms with Crippen molar-refractivity contribution >= 4 is 35.0 Å². The predicted molar refractivity (Wildman–Crippen MR) is 80.6 cm³/mol. The number of hydrogen-bond donors (Lipinski definition) is 2. The molecular formula is C13H19ClN2OS. The van der Waals surface area contributed by atoms with Crippen LogP contribution in [0.4, 0.5) is 5.69 Å². The topological polar surface area (TPSA) is 55.1 Å². The molecule has 1 rings (SSSR count). The number of anilines is 1. The van der Waals surface area contributed by atoms with E-state index in [1.165, 1.54) is 0 Å². The number of nitrogens with one attached hydrogen (secondary N) is 1. The first-order chi connectivity index (χ1) is 8.54. The number of carbonyl (C=O) groups is 1. The number of nitrogens with two attached hydrogens (primary N) is 1. The summed E-state index contributed by atoms with van der Waals surface area (Å²) in [7, 11) is 0. The molecule has 0 saturated carbocycles. The van der Waals surface area contributed by atoms with Crippen LogP contribution in [-0.2, 0) is 4.79 Å². The van der Waals surface area contributed by atoms with Gasteiger partial charge in [-0.05, 0) is 49.8 Å². The van der Waals surface area contributed by atoms with Crippen molar-refractivity contribution in [3.05, 3.63) is 28.3 Å². The number of benzene rings is 1. The summed E-state index contributed by atoms with van der Waals surface area (Å²) in [5.74, 6) is 1.32. The summed E-state index contributed by atoms with van der Waals surface area (Å²) >= 11 is 7.71. The van der Waals surface area contributed by atoms with Crippen molar-refractivity contribution in [2.24, 2.45) is 5.73 Å². The Labute approximate surface area is 117 Å². The SMILES string of the molecule is Cc1cc(C)c(NC(=O)CSCCCN)c(Cl)c1. The largest absolute Gasteiger partial charge is 0.330 e. The molecule has 0 unspecified atom stereocenters. The van der Waals surface area contributed by atoms with Gasteiger partial charge in [0.1, 0.15) is 0 Å². The van der Waals surface area contributed by atoms with Gasteiger partial charge in [-0.25, -0.2) is 0 Å². The highest BCUT2D eigenvalue weighted by Gasteiger charge is 2.09. The highest BCUT2D eigenvalue weighted by Crippen LogP contribution is 2.27. The lowest BCUT2D eigenvalue weighted by atomic mass is 10.1. The third-order valence-corrected chi connectivity index (χ3v) is 3.76. The lowest BCUT2D eigenvalue weighted by molar-refractivity contribution is -0.113. The molecule has 0 aliphatic heterocycles. The maximum atomic E-state index is 11.7. The van der Waals surface area contributed by atoms with Gasteiger partial charge in [-0.1, -0.05) is 17.7 Å². The van der Waals surface area contributed by atoms with Crippen molar-refractivity contribution in [2.45, 2.75) is 20.3 Å². The number of halogens is 1. The first-order valence-electron chi connectivity index (χ1n) is 5.89. The first-order valence-corrected chi connectivity index (χ1v) is 7.42. The fourth-order valence-corrected chi connectivity index (χ4v) is 2.74. The Balaban J connectivity index is 2.54. The molecule has 0 aliphatic rings. The van der Waals surface area contributed by atoms with E-state index < -0.39 is 0 Å². The van der Waals surface area contributed by atoms with Gasteiger partial charge in [-0.2, -0.15) is 11.8 Å². The van der Waals surface area contributed by atoms with Crippen molar-refractivity contribution in [2.75, 3.05) is 23.4 Å². The molecule has 0 bridgehead atoms. The average molecular weight is 287 g/mol. The van der Waals surface area contributed by atoms with Crippen molar-refractivity contribution < 1.29 is 4.79 Å². The van der Waals surface area contributed by atoms with E-state index in [0.29, 0.717) is 23.0 Å². The lowest BCUT2D eigenvalue weighted by Gasteiger charge is -2.11. The maximum Gasteiger partial charge on any atom is 0.234 e. The molecule has 100 valence electrons. The number of rotatable bonds is 6. The van der Waals surface area contributed by atoms with Gasteiger partial charge in [0.2, 0.25) is 5.91 Å². The second-order valence-electron chi connectivity index (χ2n) is 4.18. The summed E-state index contributed by atoms with van der Waals surface area (Å²) in [4.78, 5) is 11.7. The molecule has 0 aromatic heterocycles. The Morgan fingerprint density at radius 2 is 2.17 bits per heavy atom. The summed E-state index contributed by atoms with van der Waals surface area (Å²) in [5.41, 5.74) is 8.18. The van der Waals surface area contributed by atoms with E-state index in [-0.39, 0.29) is 5.91 Å². The van der Waals surface area contributed by atoms with Gasteiger partial charge in [-0.3, -0.25) is 4.79 Å². The zero-order valence-corrected chi connectivity index (χ0v) is 12.3. The smallest absolute Gasteiger partial charge is 0.234 e. The third kappa shape index (κ3) is 4.88. The Bertz CT molecular complexity index is 400. The van der Waals surface area contributed by atoms with Crippen LogP contribution < -0.4 is 11.1 Å². The van der Waals surface area contributed by atoms with Crippen LogP contribution in [0.1, 0.15) is 17.5 Å². The second-order valence-corrected chi connectivity index (χ2v) is 5.69. The van der Waals surface area contributed by atoms with E-state index in [2.05, 4.69) is 5.32 Å². The summed E-state index contributed by atoms with van der Waals surface area (Å²) in [6, 6.07) is 3.86. The highest BCUT2D eigenvalue weighted by atomic mass is 35.5. The standard InChI is InChI=1S/C13H19ClN2OS/c1-9-6-10(2)13(11(14)7-9)16-12(17)8-18-5-3-4-15/h6-7H,3-5,8,15H2,1-2H3,(H,16,17). The molecule has 18 heavy (non-hydrogen) atoms. The molecule has 1 aromatic carbocycles. The molecule has 3 N–H and O–H groups in total. The minimum atomic E-state index is -0.0223. The van der Waals surface area contributed by atoms with Gasteiger partial charge in [0.15, 0.2) is 0 Å². The summed E-state index contributed by atoms with van der Waals surface area (Å²) in [6.45, 7) is 4.58. The molecule has 1 aromatic rings. The van der Waals surface area contributed by atoms with Crippen LogP contribution in [0, 0.1) is 13.8 Å². The van der Waals surface area contributed by atoms with E-state index in [9.17, 15) is 4.79 Å². The second kappa shape index (κ2) is 7.67. The zero-order valence-electron chi connectivity index (χ0n) is 10.8. The third-order valence-electron chi connectivity index (χ3n) is 2.42. The van der Waals surface area contributed by atoms with E-state index in [0.717, 1.165) is 23.3 Å². The number of amides is 1. The first kappa shape index (κ1) is 15.3. The Hall–Kier alpha value is -0.710. The van der Waals surface area contributed by atoms with Crippen molar-refractivity contribution in [3.63, 3.8) is 0 Å². The molecule has 0 fully saturated rings. The number of hydrogen-bond acceptors (Lipinski definition) is 3. The fourth-order valence-electron chi connectivity index (χ4n) is 1.60. The molecule has 3 nitrogen and oxygen atoms in total. The van der Waals surface area contributed by atoms with E-state index in [4.69, 9.17) is 17.3 Å². The van der Waals surface area contributed by atoms with Crippen LogP contribution in [0.2, 0.25) is 5.02 Å². The number of carbonyl (C=O) groups excluding carboxylic acids is 1. The van der Waals surface area contributed by atoms with E-state index in [1.807, 2.05) is 26.0 Å². The van der Waals surface area contributed by atoms with Crippen molar-refractivity contribution in [1.29, 1.82) is 0 Å². The Morgan fingerprint density at radius 3 is 2.78 bits per heavy atom. The van der Waals surface area contributed by atoms with Gasteiger partial charge >= 0.3 is 0 Å². The summed E-state index contributed by atoms with van der Waals surface area (Å²) < 4.78 is 0. The minimum Gasteiger partial charge on any atom is -0.330 e. The van der Waals surface area contributed by atoms with Gasteiger partial charge < -0.3 is 11.1 Å². The maximum absolute atomic E-state index is 11.7. The molecule has 5 heteroatoms. The molecular weight excluding hydrogens is 268 g/mol. The molecule has 0 saturated heterocycles. The van der Waals surface area contributed by atoms with Crippen LogP contribution in [-0.4, -0.2) is 24.0 Å². The van der Waals surface area contributed by atoms with Gasteiger partial charge in [0.05, 0.1) is 16.5 Å². The van der Waals surface area contributed by atoms with Crippen LogP contribution in [0.15, 0.2) is 12.1 Å². The normalized spacial score (nSPS) is 10.4. The Morgan fingerprint density at radius 1 is 1.44 bits per heavy atom.